The molecule has 0 aliphatic heterocycles. The lowest BCUT2D eigenvalue weighted by Crippen LogP contribution is -2.25. The molecule has 0 bridgehead atoms. The number of aliphatic hydroxyl groups excluding tert-OH is 1. The number of nitrogens with zero attached hydrogens (tertiary/aromatic N) is 2. The smallest absolute Gasteiger partial charge is 0.126 e. The Kier molecular flexibility index (Phi) is 7.01. The third-order valence-corrected chi connectivity index (χ3v) is 3.07. The van der Waals surface area contributed by atoms with Crippen molar-refractivity contribution in [1.29, 1.82) is 0 Å². The summed E-state index contributed by atoms with van der Waals surface area (Å²) in [5.74, 6) is 0.857. The Morgan fingerprint density at radius 3 is 2.78 bits per heavy atom. The largest absolute Gasteiger partial charge is 0.396 e. The number of aromatic nitrogens is 1. The third-order valence-electron chi connectivity index (χ3n) is 2.73. The van der Waals surface area contributed by atoms with Crippen molar-refractivity contribution in [1.82, 2.24) is 9.88 Å². The summed E-state index contributed by atoms with van der Waals surface area (Å²) in [6.07, 6.45) is 0.776. The minimum absolute atomic E-state index is 0.217. The van der Waals surface area contributed by atoms with E-state index in [2.05, 4.69) is 22.1 Å². The molecule has 4 nitrogen and oxygen atoms in total. The molecule has 0 aliphatic carbocycles. The van der Waals surface area contributed by atoms with Crippen LogP contribution in [0.2, 0.25) is 5.02 Å². The van der Waals surface area contributed by atoms with E-state index >= 15 is 0 Å². The lowest BCUT2D eigenvalue weighted by molar-refractivity contribution is 0.224. The van der Waals surface area contributed by atoms with Crippen LogP contribution in [0.1, 0.15) is 26.0 Å². The number of aliphatic hydroxyl groups is 1. The first kappa shape index (κ1) is 15.2. The summed E-state index contributed by atoms with van der Waals surface area (Å²) >= 11 is 6.17. The van der Waals surface area contributed by atoms with E-state index in [9.17, 15) is 0 Å². The standard InChI is InChI=1S/C13H22ClN3O/c1-3-15-13-7-6-11(14)12(16-13)10-17(4-2)8-5-9-18/h6-7,18H,3-5,8-10H2,1-2H3,(H,15,16). The quantitative estimate of drug-likeness (QED) is 0.762. The fraction of sp³-hybridized carbons (Fsp3) is 0.615. The summed E-state index contributed by atoms with van der Waals surface area (Å²) in [7, 11) is 0. The van der Waals surface area contributed by atoms with Gasteiger partial charge >= 0.3 is 0 Å². The number of hydrogen-bond acceptors (Lipinski definition) is 4. The van der Waals surface area contributed by atoms with Crippen LogP contribution in [0, 0.1) is 0 Å². The van der Waals surface area contributed by atoms with E-state index in [-0.39, 0.29) is 6.61 Å². The van der Waals surface area contributed by atoms with Crippen molar-refractivity contribution >= 4 is 17.4 Å². The average molecular weight is 272 g/mol. The predicted octanol–water partition coefficient (Wildman–Crippen LogP) is 2.37. The van der Waals surface area contributed by atoms with Gasteiger partial charge in [0.2, 0.25) is 0 Å². The van der Waals surface area contributed by atoms with Gasteiger partial charge in [0, 0.05) is 26.2 Å². The molecule has 1 aromatic rings. The molecule has 0 unspecified atom stereocenters. The molecule has 0 saturated carbocycles. The molecule has 0 fully saturated rings. The molecule has 1 heterocycles. The maximum Gasteiger partial charge on any atom is 0.126 e. The third kappa shape index (κ3) is 4.80. The lowest BCUT2D eigenvalue weighted by atomic mass is 10.3. The highest BCUT2D eigenvalue weighted by Crippen LogP contribution is 2.18. The topological polar surface area (TPSA) is 48.4 Å². The maximum absolute atomic E-state index is 8.87. The van der Waals surface area contributed by atoms with Crippen LogP contribution in [0.5, 0.6) is 0 Å². The van der Waals surface area contributed by atoms with E-state index in [1.54, 1.807) is 0 Å². The first-order valence-electron chi connectivity index (χ1n) is 6.43. The molecule has 0 spiro atoms. The van der Waals surface area contributed by atoms with Crippen LogP contribution in [0.15, 0.2) is 12.1 Å². The van der Waals surface area contributed by atoms with Crippen LogP contribution in [0.4, 0.5) is 5.82 Å². The molecule has 1 aromatic heterocycles. The summed E-state index contributed by atoms with van der Waals surface area (Å²) in [6, 6.07) is 3.76. The Morgan fingerprint density at radius 1 is 1.39 bits per heavy atom. The van der Waals surface area contributed by atoms with Crippen molar-refractivity contribution in [2.75, 3.05) is 31.6 Å². The number of anilines is 1. The number of halogens is 1. The van der Waals surface area contributed by atoms with Gasteiger partial charge < -0.3 is 10.4 Å². The Hall–Kier alpha value is -0.840. The highest BCUT2D eigenvalue weighted by Gasteiger charge is 2.09. The van der Waals surface area contributed by atoms with Gasteiger partial charge in [-0.2, -0.15) is 0 Å². The van der Waals surface area contributed by atoms with Gasteiger partial charge in [-0.25, -0.2) is 4.98 Å². The number of rotatable bonds is 8. The van der Waals surface area contributed by atoms with Gasteiger partial charge in [-0.1, -0.05) is 18.5 Å². The van der Waals surface area contributed by atoms with Crippen molar-refractivity contribution in [3.05, 3.63) is 22.8 Å². The Labute approximate surface area is 114 Å². The van der Waals surface area contributed by atoms with E-state index in [1.807, 2.05) is 19.1 Å². The highest BCUT2D eigenvalue weighted by molar-refractivity contribution is 6.31. The van der Waals surface area contributed by atoms with Crippen molar-refractivity contribution in [3.63, 3.8) is 0 Å². The van der Waals surface area contributed by atoms with Crippen LogP contribution >= 0.6 is 11.6 Å². The van der Waals surface area contributed by atoms with Gasteiger partial charge in [-0.15, -0.1) is 0 Å². The fourth-order valence-electron chi connectivity index (χ4n) is 1.73. The van der Waals surface area contributed by atoms with Crippen LogP contribution in [-0.4, -0.2) is 41.2 Å². The zero-order valence-corrected chi connectivity index (χ0v) is 11.9. The summed E-state index contributed by atoms with van der Waals surface area (Å²) < 4.78 is 0. The van der Waals surface area contributed by atoms with Crippen LogP contribution in [-0.2, 0) is 6.54 Å². The second-order valence-corrected chi connectivity index (χ2v) is 4.51. The second-order valence-electron chi connectivity index (χ2n) is 4.10. The SMILES string of the molecule is CCNc1ccc(Cl)c(CN(CC)CCCO)n1. The molecule has 102 valence electrons. The molecule has 1 rings (SSSR count). The van der Waals surface area contributed by atoms with Gasteiger partial charge in [-0.3, -0.25) is 4.90 Å². The second kappa shape index (κ2) is 8.29. The molecule has 5 heteroatoms. The van der Waals surface area contributed by atoms with E-state index in [4.69, 9.17) is 16.7 Å². The predicted molar refractivity (Wildman–Crippen MR) is 76.1 cm³/mol. The Bertz CT molecular complexity index is 360. The minimum atomic E-state index is 0.217. The lowest BCUT2D eigenvalue weighted by Gasteiger charge is -2.20. The molecule has 0 aliphatic rings. The summed E-state index contributed by atoms with van der Waals surface area (Å²) in [4.78, 5) is 6.73. The Morgan fingerprint density at radius 2 is 2.17 bits per heavy atom. The molecular formula is C13H22ClN3O. The molecule has 18 heavy (non-hydrogen) atoms. The van der Waals surface area contributed by atoms with Gasteiger partial charge in [0.15, 0.2) is 0 Å². The van der Waals surface area contributed by atoms with E-state index in [0.29, 0.717) is 11.6 Å². The van der Waals surface area contributed by atoms with Crippen molar-refractivity contribution in [2.45, 2.75) is 26.8 Å². The number of pyridine rings is 1. The van der Waals surface area contributed by atoms with Gasteiger partial charge in [0.1, 0.15) is 5.82 Å². The first-order chi connectivity index (χ1) is 8.71. The normalized spacial score (nSPS) is 10.9. The molecule has 2 N–H and O–H groups in total. The first-order valence-corrected chi connectivity index (χ1v) is 6.81. The average Bonchev–Trinajstić information content (AvgIpc) is 2.38. The molecular weight excluding hydrogens is 250 g/mol. The molecule has 0 saturated heterocycles. The number of nitrogens with one attached hydrogen (secondary N) is 1. The van der Waals surface area contributed by atoms with E-state index in [1.165, 1.54) is 0 Å². The van der Waals surface area contributed by atoms with Crippen LogP contribution in [0.25, 0.3) is 0 Å². The molecule has 0 radical (unpaired) electrons. The van der Waals surface area contributed by atoms with Gasteiger partial charge in [-0.05, 0) is 32.0 Å². The zero-order chi connectivity index (χ0) is 13.4. The summed E-state index contributed by atoms with van der Waals surface area (Å²) in [6.45, 7) is 7.69. The van der Waals surface area contributed by atoms with Crippen LogP contribution in [0.3, 0.4) is 0 Å². The highest BCUT2D eigenvalue weighted by atomic mass is 35.5. The molecule has 0 amide bonds. The van der Waals surface area contributed by atoms with Gasteiger partial charge in [0.05, 0.1) is 10.7 Å². The number of hydrogen-bond donors (Lipinski definition) is 2. The summed E-state index contributed by atoms with van der Waals surface area (Å²) in [5.41, 5.74) is 0.884. The molecule has 0 aromatic carbocycles. The summed E-state index contributed by atoms with van der Waals surface area (Å²) in [5, 5.41) is 12.7. The van der Waals surface area contributed by atoms with Crippen molar-refractivity contribution in [2.24, 2.45) is 0 Å². The minimum Gasteiger partial charge on any atom is -0.396 e. The van der Waals surface area contributed by atoms with Gasteiger partial charge in [0.25, 0.3) is 0 Å². The Balaban J connectivity index is 2.71. The maximum atomic E-state index is 8.87. The van der Waals surface area contributed by atoms with E-state index in [0.717, 1.165) is 37.6 Å². The monoisotopic (exact) mass is 271 g/mol. The van der Waals surface area contributed by atoms with E-state index < -0.39 is 0 Å². The molecule has 0 atom stereocenters. The zero-order valence-electron chi connectivity index (χ0n) is 11.1. The van der Waals surface area contributed by atoms with Crippen molar-refractivity contribution in [3.8, 4) is 0 Å². The van der Waals surface area contributed by atoms with Crippen LogP contribution < -0.4 is 5.32 Å². The fourth-order valence-corrected chi connectivity index (χ4v) is 1.89. The van der Waals surface area contributed by atoms with Crippen molar-refractivity contribution < 1.29 is 5.11 Å².